The smallest absolute Gasteiger partial charge is 0.328 e. The van der Waals surface area contributed by atoms with Crippen LogP contribution in [-0.2, 0) is 0 Å². The first-order valence-corrected chi connectivity index (χ1v) is 6.52. The Morgan fingerprint density at radius 1 is 1.32 bits per heavy atom. The van der Waals surface area contributed by atoms with Crippen molar-refractivity contribution in [1.29, 1.82) is 5.26 Å². The normalized spacial score (nSPS) is 16.6. The molecule has 0 fully saturated rings. The van der Waals surface area contributed by atoms with E-state index in [0.29, 0.717) is 0 Å². The number of nitrogens with two attached hydrogens (primary N) is 1. The summed E-state index contributed by atoms with van der Waals surface area (Å²) in [6, 6.07) is 9.37. The molecular weight excluding hydrogens is 284 g/mol. The zero-order valence-electron chi connectivity index (χ0n) is 11.6. The lowest BCUT2D eigenvalue weighted by Crippen LogP contribution is -2.33. The number of aromatic nitrogens is 2. The summed E-state index contributed by atoms with van der Waals surface area (Å²) in [6.45, 7) is 1.90. The Kier molecular flexibility index (Phi) is 3.07. The minimum absolute atomic E-state index is 0.0308. The van der Waals surface area contributed by atoms with Crippen molar-refractivity contribution in [2.45, 2.75) is 12.8 Å². The molecule has 1 unspecified atom stereocenters. The van der Waals surface area contributed by atoms with Crippen molar-refractivity contribution in [2.75, 3.05) is 0 Å². The Morgan fingerprint density at radius 2 is 2.09 bits per heavy atom. The highest BCUT2D eigenvalue weighted by Gasteiger charge is 2.33. The monoisotopic (exact) mass is 296 g/mol. The molecule has 0 spiro atoms. The Hall–Kier alpha value is -3.27. The third-order valence-corrected chi connectivity index (χ3v) is 3.49. The second kappa shape index (κ2) is 4.93. The maximum absolute atomic E-state index is 12.2. The van der Waals surface area contributed by atoms with Crippen LogP contribution in [0.25, 0.3) is 0 Å². The van der Waals surface area contributed by atoms with Crippen LogP contribution in [0.5, 0.6) is 5.88 Å². The van der Waals surface area contributed by atoms with Crippen LogP contribution < -0.4 is 21.7 Å². The number of hydrogen-bond acceptors (Lipinski definition) is 5. The summed E-state index contributed by atoms with van der Waals surface area (Å²) >= 11 is 0. The molecule has 1 atom stereocenters. The number of nitrogens with zero attached hydrogens (tertiary/aromatic N) is 1. The fourth-order valence-corrected chi connectivity index (χ4v) is 2.57. The van der Waals surface area contributed by atoms with Gasteiger partial charge in [0.2, 0.25) is 11.8 Å². The number of allylic oxidation sites excluding steroid dienone is 1. The van der Waals surface area contributed by atoms with E-state index < -0.39 is 17.2 Å². The Bertz CT molecular complexity index is 946. The lowest BCUT2D eigenvalue weighted by atomic mass is 9.84. The van der Waals surface area contributed by atoms with Gasteiger partial charge in [-0.15, -0.1) is 0 Å². The van der Waals surface area contributed by atoms with E-state index in [4.69, 9.17) is 10.5 Å². The summed E-state index contributed by atoms with van der Waals surface area (Å²) < 4.78 is 5.24. The number of fused-ring (bicyclic) bond motifs is 1. The van der Waals surface area contributed by atoms with Crippen LogP contribution in [-0.4, -0.2) is 9.97 Å². The van der Waals surface area contributed by atoms with Gasteiger partial charge in [-0.25, -0.2) is 4.79 Å². The molecule has 1 aliphatic heterocycles. The topological polar surface area (TPSA) is 125 Å². The van der Waals surface area contributed by atoms with Crippen LogP contribution >= 0.6 is 0 Å². The summed E-state index contributed by atoms with van der Waals surface area (Å²) in [6.07, 6.45) is 0. The van der Waals surface area contributed by atoms with Crippen LogP contribution in [0.2, 0.25) is 0 Å². The molecule has 1 aromatic carbocycles. The van der Waals surface area contributed by atoms with Crippen molar-refractivity contribution in [3.05, 3.63) is 73.3 Å². The minimum Gasteiger partial charge on any atom is -0.424 e. The molecule has 0 radical (unpaired) electrons. The molecule has 110 valence electrons. The van der Waals surface area contributed by atoms with Crippen LogP contribution in [0.1, 0.15) is 22.6 Å². The second-order valence-electron chi connectivity index (χ2n) is 4.99. The summed E-state index contributed by atoms with van der Waals surface area (Å²) in [4.78, 5) is 28.2. The number of rotatable bonds is 1. The number of ether oxygens (including phenoxy) is 1. The van der Waals surface area contributed by atoms with E-state index in [1.807, 2.05) is 31.2 Å². The lowest BCUT2D eigenvalue weighted by Gasteiger charge is -2.24. The van der Waals surface area contributed by atoms with Gasteiger partial charge >= 0.3 is 5.69 Å². The maximum atomic E-state index is 12.2. The van der Waals surface area contributed by atoms with Crippen molar-refractivity contribution in [2.24, 2.45) is 5.73 Å². The molecule has 22 heavy (non-hydrogen) atoms. The number of H-pyrrole nitrogens is 2. The van der Waals surface area contributed by atoms with Crippen molar-refractivity contribution in [3.63, 3.8) is 0 Å². The third kappa shape index (κ3) is 2.07. The first kappa shape index (κ1) is 13.7. The Morgan fingerprint density at radius 3 is 2.77 bits per heavy atom. The van der Waals surface area contributed by atoms with Crippen LogP contribution in [0.15, 0.2) is 45.3 Å². The summed E-state index contributed by atoms with van der Waals surface area (Å²) in [5.74, 6) is -0.839. The molecule has 4 N–H and O–H groups in total. The van der Waals surface area contributed by atoms with E-state index in [-0.39, 0.29) is 22.9 Å². The van der Waals surface area contributed by atoms with E-state index >= 15 is 0 Å². The highest BCUT2D eigenvalue weighted by Crippen LogP contribution is 2.38. The predicted octanol–water partition coefficient (Wildman–Crippen LogP) is 0.590. The number of aromatic amines is 2. The quantitative estimate of drug-likeness (QED) is 0.710. The molecule has 0 aliphatic carbocycles. The molecule has 0 amide bonds. The van der Waals surface area contributed by atoms with Crippen LogP contribution in [0.4, 0.5) is 0 Å². The predicted molar refractivity (Wildman–Crippen MR) is 78.2 cm³/mol. The number of hydrogen-bond donors (Lipinski definition) is 3. The molecule has 1 aromatic heterocycles. The molecule has 1 aliphatic rings. The van der Waals surface area contributed by atoms with E-state index in [0.717, 1.165) is 11.1 Å². The van der Waals surface area contributed by atoms with E-state index in [2.05, 4.69) is 9.97 Å². The SMILES string of the molecule is Cc1cccc(C2C(C#N)=C(N)Oc3[nH]c(=O)[nH]c(=O)c32)c1. The van der Waals surface area contributed by atoms with Gasteiger partial charge in [0.25, 0.3) is 5.56 Å². The number of nitriles is 1. The van der Waals surface area contributed by atoms with Crippen LogP contribution in [0.3, 0.4) is 0 Å². The van der Waals surface area contributed by atoms with Gasteiger partial charge in [-0.05, 0) is 12.5 Å². The molecule has 3 rings (SSSR count). The van der Waals surface area contributed by atoms with Gasteiger partial charge in [0.15, 0.2) is 0 Å². The zero-order chi connectivity index (χ0) is 15.9. The molecule has 7 nitrogen and oxygen atoms in total. The van der Waals surface area contributed by atoms with Gasteiger partial charge in [-0.1, -0.05) is 29.8 Å². The first-order valence-electron chi connectivity index (χ1n) is 6.52. The van der Waals surface area contributed by atoms with Crippen molar-refractivity contribution < 1.29 is 4.74 Å². The zero-order valence-corrected chi connectivity index (χ0v) is 11.6. The van der Waals surface area contributed by atoms with Crippen molar-refractivity contribution in [1.82, 2.24) is 9.97 Å². The average Bonchev–Trinajstić information content (AvgIpc) is 2.45. The molecule has 7 heteroatoms. The maximum Gasteiger partial charge on any atom is 0.328 e. The molecule has 0 bridgehead atoms. The van der Waals surface area contributed by atoms with Crippen LogP contribution in [0, 0.1) is 18.3 Å². The molecular formula is C15H12N4O3. The summed E-state index contributed by atoms with van der Waals surface area (Å²) in [5, 5.41) is 9.38. The lowest BCUT2D eigenvalue weighted by molar-refractivity contribution is 0.373. The van der Waals surface area contributed by atoms with Gasteiger partial charge in [-0.3, -0.25) is 14.8 Å². The van der Waals surface area contributed by atoms with E-state index in [9.17, 15) is 14.9 Å². The third-order valence-electron chi connectivity index (χ3n) is 3.49. The van der Waals surface area contributed by atoms with Crippen molar-refractivity contribution >= 4 is 0 Å². The van der Waals surface area contributed by atoms with Gasteiger partial charge in [0.1, 0.15) is 11.6 Å². The second-order valence-corrected chi connectivity index (χ2v) is 4.99. The fourth-order valence-electron chi connectivity index (χ4n) is 2.57. The largest absolute Gasteiger partial charge is 0.424 e. The number of aryl methyl sites for hydroxylation is 1. The highest BCUT2D eigenvalue weighted by atomic mass is 16.5. The van der Waals surface area contributed by atoms with Gasteiger partial charge < -0.3 is 10.5 Å². The average molecular weight is 296 g/mol. The Balaban J connectivity index is 2.34. The fraction of sp³-hybridized carbons (Fsp3) is 0.133. The van der Waals surface area contributed by atoms with Gasteiger partial charge in [0.05, 0.1) is 11.5 Å². The minimum atomic E-state index is -0.694. The van der Waals surface area contributed by atoms with E-state index in [1.165, 1.54) is 0 Å². The first-order chi connectivity index (χ1) is 10.5. The van der Waals surface area contributed by atoms with Crippen molar-refractivity contribution in [3.8, 4) is 11.9 Å². The highest BCUT2D eigenvalue weighted by molar-refractivity contribution is 5.52. The van der Waals surface area contributed by atoms with Gasteiger partial charge in [-0.2, -0.15) is 5.26 Å². The number of nitrogens with one attached hydrogen (secondary N) is 2. The standard InChI is InChI=1S/C15H12N4O3/c1-7-3-2-4-8(5-7)10-9(6-16)12(17)22-14-11(10)13(20)18-15(21)19-14/h2-5,10H,17H2,1H3,(H2,18,19,20,21). The molecule has 0 saturated carbocycles. The summed E-state index contributed by atoms with van der Waals surface area (Å²) in [5.41, 5.74) is 6.47. The number of benzene rings is 1. The van der Waals surface area contributed by atoms with E-state index in [1.54, 1.807) is 6.07 Å². The molecule has 2 heterocycles. The Labute approximate surface area is 124 Å². The molecule has 2 aromatic rings. The van der Waals surface area contributed by atoms with Gasteiger partial charge in [0, 0.05) is 0 Å². The summed E-state index contributed by atoms with van der Waals surface area (Å²) in [7, 11) is 0. The molecule has 0 saturated heterocycles.